The minimum atomic E-state index is -0.0324. The highest BCUT2D eigenvalue weighted by Crippen LogP contribution is 2.30. The molecule has 2 nitrogen and oxygen atoms in total. The second-order valence-corrected chi connectivity index (χ2v) is 4.39. The molecule has 2 aromatic rings. The van der Waals surface area contributed by atoms with Gasteiger partial charge in [0.25, 0.3) is 0 Å². The van der Waals surface area contributed by atoms with Crippen LogP contribution in [-0.4, -0.2) is 0 Å². The molecule has 2 N–H and O–H groups in total. The van der Waals surface area contributed by atoms with Crippen LogP contribution in [0, 0.1) is 0 Å². The van der Waals surface area contributed by atoms with Gasteiger partial charge >= 0.3 is 0 Å². The summed E-state index contributed by atoms with van der Waals surface area (Å²) in [6, 6.07) is 16.0. The number of rotatable bonds is 4. The Morgan fingerprint density at radius 2 is 1.61 bits per heavy atom. The lowest BCUT2D eigenvalue weighted by molar-refractivity contribution is 0.466. The molecule has 0 bridgehead atoms. The maximum atomic E-state index is 6.01. The minimum absolute atomic E-state index is 0.0324. The molecule has 2 rings (SSSR count). The maximum absolute atomic E-state index is 6.01. The summed E-state index contributed by atoms with van der Waals surface area (Å²) in [5, 5.41) is 0. The van der Waals surface area contributed by atoms with Crippen molar-refractivity contribution in [3.63, 3.8) is 0 Å². The number of para-hydroxylation sites is 2. The van der Waals surface area contributed by atoms with E-state index in [9.17, 15) is 0 Å². The minimum Gasteiger partial charge on any atom is -0.457 e. The van der Waals surface area contributed by atoms with Gasteiger partial charge in [0.15, 0.2) is 0 Å². The largest absolute Gasteiger partial charge is 0.457 e. The first kappa shape index (κ1) is 12.7. The molecule has 2 heteroatoms. The second-order valence-electron chi connectivity index (χ2n) is 4.39. The quantitative estimate of drug-likeness (QED) is 0.876. The highest BCUT2D eigenvalue weighted by atomic mass is 16.5. The zero-order chi connectivity index (χ0) is 13.0. The van der Waals surface area contributed by atoms with E-state index in [2.05, 4.69) is 13.0 Å². The second kappa shape index (κ2) is 5.69. The maximum Gasteiger partial charge on any atom is 0.132 e. The van der Waals surface area contributed by atoms with Crippen molar-refractivity contribution in [2.24, 2.45) is 5.73 Å². The predicted octanol–water partition coefficient (Wildman–Crippen LogP) is 4.06. The summed E-state index contributed by atoms with van der Waals surface area (Å²) in [6.07, 6.45) is 0.955. The Bertz CT molecular complexity index is 520. The first-order valence-electron chi connectivity index (χ1n) is 6.32. The van der Waals surface area contributed by atoms with Gasteiger partial charge in [-0.25, -0.2) is 0 Å². The van der Waals surface area contributed by atoms with Crippen molar-refractivity contribution in [3.05, 3.63) is 59.7 Å². The molecule has 0 aliphatic heterocycles. The van der Waals surface area contributed by atoms with E-state index in [0.717, 1.165) is 23.5 Å². The fraction of sp³-hybridized carbons (Fsp3) is 0.250. The van der Waals surface area contributed by atoms with Gasteiger partial charge in [0, 0.05) is 11.6 Å². The third kappa shape index (κ3) is 2.71. The summed E-state index contributed by atoms with van der Waals surface area (Å²) in [5.74, 6) is 1.75. The molecule has 18 heavy (non-hydrogen) atoms. The van der Waals surface area contributed by atoms with Gasteiger partial charge in [0.1, 0.15) is 11.5 Å². The molecule has 0 radical (unpaired) electrons. The van der Waals surface area contributed by atoms with Crippen molar-refractivity contribution in [1.29, 1.82) is 0 Å². The lowest BCUT2D eigenvalue weighted by atomic mass is 10.1. The average molecular weight is 241 g/mol. The molecule has 0 spiro atoms. The Balaban J connectivity index is 2.34. The van der Waals surface area contributed by atoms with Crippen molar-refractivity contribution < 1.29 is 4.74 Å². The Kier molecular flexibility index (Phi) is 4.00. The van der Waals surface area contributed by atoms with Crippen LogP contribution in [0.25, 0.3) is 0 Å². The van der Waals surface area contributed by atoms with Gasteiger partial charge in [0.05, 0.1) is 0 Å². The molecule has 0 fully saturated rings. The van der Waals surface area contributed by atoms with Crippen LogP contribution in [0.5, 0.6) is 11.5 Å². The third-order valence-corrected chi connectivity index (χ3v) is 2.98. The van der Waals surface area contributed by atoms with Crippen LogP contribution in [0.3, 0.4) is 0 Å². The predicted molar refractivity (Wildman–Crippen MR) is 74.9 cm³/mol. The van der Waals surface area contributed by atoms with Crippen LogP contribution in [-0.2, 0) is 6.42 Å². The monoisotopic (exact) mass is 241 g/mol. The van der Waals surface area contributed by atoms with Gasteiger partial charge in [0.2, 0.25) is 0 Å². The smallest absolute Gasteiger partial charge is 0.132 e. The van der Waals surface area contributed by atoms with Crippen LogP contribution >= 0.6 is 0 Å². The number of benzene rings is 2. The topological polar surface area (TPSA) is 35.2 Å². The Morgan fingerprint density at radius 3 is 2.28 bits per heavy atom. The van der Waals surface area contributed by atoms with E-state index in [-0.39, 0.29) is 6.04 Å². The van der Waals surface area contributed by atoms with Crippen LogP contribution in [0.2, 0.25) is 0 Å². The Morgan fingerprint density at radius 1 is 1.00 bits per heavy atom. The van der Waals surface area contributed by atoms with Crippen LogP contribution in [0.15, 0.2) is 48.5 Å². The van der Waals surface area contributed by atoms with E-state index in [1.165, 1.54) is 5.56 Å². The van der Waals surface area contributed by atoms with E-state index in [4.69, 9.17) is 10.5 Å². The summed E-state index contributed by atoms with van der Waals surface area (Å²) in [7, 11) is 0. The summed E-state index contributed by atoms with van der Waals surface area (Å²) in [6.45, 7) is 4.09. The molecule has 0 heterocycles. The summed E-state index contributed by atoms with van der Waals surface area (Å²) < 4.78 is 6.01. The molecule has 0 unspecified atom stereocenters. The van der Waals surface area contributed by atoms with Crippen molar-refractivity contribution in [1.82, 2.24) is 0 Å². The van der Waals surface area contributed by atoms with Gasteiger partial charge in [-0.1, -0.05) is 43.3 Å². The fourth-order valence-corrected chi connectivity index (χ4v) is 1.96. The van der Waals surface area contributed by atoms with Crippen molar-refractivity contribution in [2.45, 2.75) is 26.3 Å². The molecule has 2 aromatic carbocycles. The van der Waals surface area contributed by atoms with Crippen molar-refractivity contribution in [2.75, 3.05) is 0 Å². The molecular formula is C16H19NO. The van der Waals surface area contributed by atoms with E-state index in [0.29, 0.717) is 0 Å². The lowest BCUT2D eigenvalue weighted by Crippen LogP contribution is -2.06. The number of hydrogen-bond donors (Lipinski definition) is 1. The lowest BCUT2D eigenvalue weighted by Gasteiger charge is -2.15. The van der Waals surface area contributed by atoms with E-state index >= 15 is 0 Å². The van der Waals surface area contributed by atoms with Gasteiger partial charge in [-0.2, -0.15) is 0 Å². The normalized spacial score (nSPS) is 12.2. The number of ether oxygens (including phenoxy) is 1. The zero-order valence-corrected chi connectivity index (χ0v) is 10.9. The van der Waals surface area contributed by atoms with Crippen LogP contribution in [0.4, 0.5) is 0 Å². The molecule has 0 aromatic heterocycles. The first-order chi connectivity index (χ1) is 8.72. The number of aryl methyl sites for hydroxylation is 1. The van der Waals surface area contributed by atoms with Crippen LogP contribution in [0.1, 0.15) is 31.0 Å². The van der Waals surface area contributed by atoms with Gasteiger partial charge in [-0.05, 0) is 31.0 Å². The molecule has 0 aliphatic rings. The molecule has 94 valence electrons. The summed E-state index contributed by atoms with van der Waals surface area (Å²) >= 11 is 0. The SMILES string of the molecule is CCc1ccccc1Oc1ccccc1[C@H](C)N. The van der Waals surface area contributed by atoms with E-state index < -0.39 is 0 Å². The summed E-state index contributed by atoms with van der Waals surface area (Å²) in [4.78, 5) is 0. The van der Waals surface area contributed by atoms with E-state index in [1.54, 1.807) is 0 Å². The molecule has 0 aliphatic carbocycles. The van der Waals surface area contributed by atoms with Crippen molar-refractivity contribution >= 4 is 0 Å². The standard InChI is InChI=1S/C16H19NO/c1-3-13-8-4-6-10-15(13)18-16-11-7-5-9-14(16)12(2)17/h4-12H,3,17H2,1-2H3/t12-/m0/s1. The number of hydrogen-bond acceptors (Lipinski definition) is 2. The Hall–Kier alpha value is -1.80. The highest BCUT2D eigenvalue weighted by molar-refractivity contribution is 5.42. The Labute approximate surface area is 108 Å². The van der Waals surface area contributed by atoms with Gasteiger partial charge in [-0.15, -0.1) is 0 Å². The third-order valence-electron chi connectivity index (χ3n) is 2.98. The van der Waals surface area contributed by atoms with Gasteiger partial charge in [-0.3, -0.25) is 0 Å². The zero-order valence-electron chi connectivity index (χ0n) is 10.9. The molecule has 0 amide bonds. The van der Waals surface area contributed by atoms with Crippen LogP contribution < -0.4 is 10.5 Å². The molecular weight excluding hydrogens is 222 g/mol. The number of nitrogens with two attached hydrogens (primary N) is 1. The summed E-state index contributed by atoms with van der Waals surface area (Å²) in [5.41, 5.74) is 8.20. The van der Waals surface area contributed by atoms with Crippen molar-refractivity contribution in [3.8, 4) is 11.5 Å². The molecule has 1 atom stereocenters. The van der Waals surface area contributed by atoms with Gasteiger partial charge < -0.3 is 10.5 Å². The first-order valence-corrected chi connectivity index (χ1v) is 6.32. The highest BCUT2D eigenvalue weighted by Gasteiger charge is 2.09. The average Bonchev–Trinajstić information content (AvgIpc) is 2.40. The fourth-order valence-electron chi connectivity index (χ4n) is 1.96. The van der Waals surface area contributed by atoms with E-state index in [1.807, 2.05) is 49.4 Å². The molecule has 0 saturated heterocycles. The molecule has 0 saturated carbocycles.